The molecule has 27 heavy (non-hydrogen) atoms. The van der Waals surface area contributed by atoms with Crippen molar-refractivity contribution in [2.75, 3.05) is 26.3 Å². The van der Waals surface area contributed by atoms with Crippen LogP contribution >= 0.6 is 11.6 Å². The van der Waals surface area contributed by atoms with Crippen LogP contribution in [-0.4, -0.2) is 42.1 Å². The summed E-state index contributed by atoms with van der Waals surface area (Å²) in [4.78, 5) is 15.3. The van der Waals surface area contributed by atoms with Crippen LogP contribution in [0.2, 0.25) is 5.02 Å². The average Bonchev–Trinajstić information content (AvgIpc) is 2.67. The smallest absolute Gasteiger partial charge is 0.167 e. The molecule has 0 aromatic heterocycles. The van der Waals surface area contributed by atoms with Gasteiger partial charge in [0, 0.05) is 35.2 Å². The van der Waals surface area contributed by atoms with Crippen LogP contribution < -0.4 is 4.74 Å². The molecular weight excluding hydrogens is 362 g/mol. The van der Waals surface area contributed by atoms with E-state index in [4.69, 9.17) is 21.4 Å². The zero-order valence-corrected chi connectivity index (χ0v) is 16.4. The van der Waals surface area contributed by atoms with E-state index in [1.54, 1.807) is 6.07 Å². The summed E-state index contributed by atoms with van der Waals surface area (Å²) in [5.41, 5.74) is 2.80. The van der Waals surface area contributed by atoms with Gasteiger partial charge in [-0.25, -0.2) is 0 Å². The average molecular weight is 388 g/mol. The molecule has 0 spiro atoms. The lowest BCUT2D eigenvalue weighted by Gasteiger charge is -2.32. The van der Waals surface area contributed by atoms with E-state index in [0.717, 1.165) is 54.9 Å². The second-order valence-electron chi connectivity index (χ2n) is 7.08. The highest BCUT2D eigenvalue weighted by molar-refractivity contribution is 6.30. The van der Waals surface area contributed by atoms with Crippen molar-refractivity contribution in [2.45, 2.75) is 26.3 Å². The Kier molecular flexibility index (Phi) is 6.89. The number of nitrogens with zero attached hydrogens (tertiary/aromatic N) is 1. The number of ether oxygens (including phenoxy) is 1. The fourth-order valence-corrected chi connectivity index (χ4v) is 3.94. The maximum atomic E-state index is 13.0. The number of hydrogen-bond donors (Lipinski definition) is 1. The number of halogens is 1. The summed E-state index contributed by atoms with van der Waals surface area (Å²) in [6.45, 7) is 4.68. The number of benzene rings is 2. The minimum atomic E-state index is -0.00489. The van der Waals surface area contributed by atoms with E-state index < -0.39 is 0 Å². The first kappa shape index (κ1) is 19.9. The Morgan fingerprint density at radius 2 is 2.11 bits per heavy atom. The lowest BCUT2D eigenvalue weighted by molar-refractivity contribution is 0.0809. The number of aryl methyl sites for hydroxylation is 1. The second kappa shape index (κ2) is 9.36. The Morgan fingerprint density at radius 1 is 1.30 bits per heavy atom. The summed E-state index contributed by atoms with van der Waals surface area (Å²) in [5.74, 6) is 1.01. The molecule has 5 heteroatoms. The summed E-state index contributed by atoms with van der Waals surface area (Å²) in [5, 5.41) is 9.66. The Morgan fingerprint density at radius 3 is 2.89 bits per heavy atom. The molecule has 1 N–H and O–H groups in total. The van der Waals surface area contributed by atoms with Crippen LogP contribution in [0.3, 0.4) is 0 Å². The monoisotopic (exact) mass is 387 g/mol. The standard InChI is InChI=1S/C22H26ClNO3/c1-16-13-19(23)8-9-20(16)22(26)18-6-4-10-24(15-18)14-17-5-2-3-7-21(17)27-12-11-25/h2-3,5,7-9,13,18,25H,4,6,10-12,14-15H2,1H3/t18-/m0/s1. The van der Waals surface area contributed by atoms with E-state index in [1.165, 1.54) is 0 Å². The Balaban J connectivity index is 1.69. The van der Waals surface area contributed by atoms with Crippen molar-refractivity contribution in [3.05, 3.63) is 64.2 Å². The number of para-hydroxylation sites is 1. The van der Waals surface area contributed by atoms with E-state index in [9.17, 15) is 4.79 Å². The van der Waals surface area contributed by atoms with Gasteiger partial charge in [0.05, 0.1) is 6.61 Å². The molecule has 2 aromatic carbocycles. The van der Waals surface area contributed by atoms with Crippen LogP contribution in [0.25, 0.3) is 0 Å². The molecule has 1 fully saturated rings. The molecule has 0 bridgehead atoms. The summed E-state index contributed by atoms with van der Waals surface area (Å²) in [6, 6.07) is 13.4. The second-order valence-corrected chi connectivity index (χ2v) is 7.51. The zero-order valence-electron chi connectivity index (χ0n) is 15.7. The van der Waals surface area contributed by atoms with Gasteiger partial charge in [-0.15, -0.1) is 0 Å². The van der Waals surface area contributed by atoms with Crippen molar-refractivity contribution in [1.82, 2.24) is 4.90 Å². The molecule has 1 saturated heterocycles. The molecule has 144 valence electrons. The number of Topliss-reactive ketones (excluding diaryl/α,β-unsaturated/α-hetero) is 1. The Labute approximate surface area is 165 Å². The van der Waals surface area contributed by atoms with Crippen LogP contribution in [0, 0.1) is 12.8 Å². The summed E-state index contributed by atoms with van der Waals surface area (Å²) in [7, 11) is 0. The molecule has 2 aromatic rings. The minimum absolute atomic E-state index is 0.00384. The van der Waals surface area contributed by atoms with Gasteiger partial charge in [0.25, 0.3) is 0 Å². The lowest BCUT2D eigenvalue weighted by atomic mass is 9.88. The van der Waals surface area contributed by atoms with Crippen molar-refractivity contribution >= 4 is 17.4 Å². The van der Waals surface area contributed by atoms with Crippen LogP contribution in [0.15, 0.2) is 42.5 Å². The predicted molar refractivity (Wildman–Crippen MR) is 108 cm³/mol. The highest BCUT2D eigenvalue weighted by Gasteiger charge is 2.27. The number of rotatable bonds is 7. The van der Waals surface area contributed by atoms with Crippen molar-refractivity contribution in [3.8, 4) is 5.75 Å². The fourth-order valence-electron chi connectivity index (χ4n) is 3.71. The van der Waals surface area contributed by atoms with Crippen molar-refractivity contribution in [1.29, 1.82) is 0 Å². The molecule has 0 unspecified atom stereocenters. The molecule has 3 rings (SSSR count). The molecular formula is C22H26ClNO3. The fraction of sp³-hybridized carbons (Fsp3) is 0.409. The largest absolute Gasteiger partial charge is 0.491 e. The lowest BCUT2D eigenvalue weighted by Crippen LogP contribution is -2.38. The van der Waals surface area contributed by atoms with Gasteiger partial charge in [-0.05, 0) is 56.1 Å². The van der Waals surface area contributed by atoms with Crippen molar-refractivity contribution in [3.63, 3.8) is 0 Å². The first-order valence-corrected chi connectivity index (χ1v) is 9.80. The number of ketones is 1. The third-order valence-corrected chi connectivity index (χ3v) is 5.28. The van der Waals surface area contributed by atoms with Gasteiger partial charge >= 0.3 is 0 Å². The minimum Gasteiger partial charge on any atom is -0.491 e. The molecule has 0 amide bonds. The zero-order chi connectivity index (χ0) is 19.2. The molecule has 0 saturated carbocycles. The summed E-state index contributed by atoms with van der Waals surface area (Å²) >= 11 is 6.02. The van der Waals surface area contributed by atoms with Crippen LogP contribution in [0.1, 0.15) is 34.3 Å². The molecule has 1 heterocycles. The van der Waals surface area contributed by atoms with Gasteiger partial charge in [0.2, 0.25) is 0 Å². The molecule has 0 radical (unpaired) electrons. The number of likely N-dealkylation sites (tertiary alicyclic amines) is 1. The maximum absolute atomic E-state index is 13.0. The third kappa shape index (κ3) is 5.10. The molecule has 0 aliphatic carbocycles. The number of aliphatic hydroxyl groups is 1. The number of piperidine rings is 1. The van der Waals surface area contributed by atoms with Crippen LogP contribution in [0.5, 0.6) is 5.75 Å². The van der Waals surface area contributed by atoms with Crippen molar-refractivity contribution in [2.24, 2.45) is 5.92 Å². The summed E-state index contributed by atoms with van der Waals surface area (Å²) < 4.78 is 5.64. The molecule has 4 nitrogen and oxygen atoms in total. The topological polar surface area (TPSA) is 49.8 Å². The molecule has 1 atom stereocenters. The van der Waals surface area contributed by atoms with Gasteiger partial charge in [-0.3, -0.25) is 9.69 Å². The first-order chi connectivity index (χ1) is 13.1. The highest BCUT2D eigenvalue weighted by atomic mass is 35.5. The van der Waals surface area contributed by atoms with Gasteiger partial charge in [-0.1, -0.05) is 29.8 Å². The quantitative estimate of drug-likeness (QED) is 0.726. The SMILES string of the molecule is Cc1cc(Cl)ccc1C(=O)[C@H]1CCCN(Cc2ccccc2OCCO)C1. The van der Waals surface area contributed by atoms with Gasteiger partial charge in [0.15, 0.2) is 5.78 Å². The van der Waals surface area contributed by atoms with Crippen molar-refractivity contribution < 1.29 is 14.6 Å². The van der Waals surface area contributed by atoms with Gasteiger partial charge in [-0.2, -0.15) is 0 Å². The van der Waals surface area contributed by atoms with E-state index >= 15 is 0 Å². The van der Waals surface area contributed by atoms with E-state index in [1.807, 2.05) is 43.3 Å². The van der Waals surface area contributed by atoms with Crippen LogP contribution in [-0.2, 0) is 6.54 Å². The van der Waals surface area contributed by atoms with E-state index in [0.29, 0.717) is 5.02 Å². The Hall–Kier alpha value is -1.88. The maximum Gasteiger partial charge on any atom is 0.167 e. The molecule has 1 aliphatic rings. The first-order valence-electron chi connectivity index (χ1n) is 9.42. The normalized spacial score (nSPS) is 17.7. The van der Waals surface area contributed by atoms with Crippen LogP contribution in [0.4, 0.5) is 0 Å². The number of aliphatic hydroxyl groups excluding tert-OH is 1. The number of hydrogen-bond acceptors (Lipinski definition) is 4. The highest BCUT2D eigenvalue weighted by Crippen LogP contribution is 2.27. The summed E-state index contributed by atoms with van der Waals surface area (Å²) in [6.07, 6.45) is 1.92. The van der Waals surface area contributed by atoms with E-state index in [2.05, 4.69) is 4.90 Å². The van der Waals surface area contributed by atoms with Gasteiger partial charge < -0.3 is 9.84 Å². The number of carbonyl (C=O) groups excluding carboxylic acids is 1. The third-order valence-electron chi connectivity index (χ3n) is 5.05. The number of carbonyl (C=O) groups is 1. The predicted octanol–water partition coefficient (Wildman–Crippen LogP) is 4.11. The molecule has 1 aliphatic heterocycles. The van der Waals surface area contributed by atoms with Gasteiger partial charge in [0.1, 0.15) is 12.4 Å². The Bertz CT molecular complexity index is 793. The van der Waals surface area contributed by atoms with E-state index in [-0.39, 0.29) is 24.9 Å².